The molecule has 0 bridgehead atoms. The van der Waals surface area contributed by atoms with Gasteiger partial charge in [0, 0.05) is 12.8 Å². The Kier molecular flexibility index (Phi) is 7.12. The van der Waals surface area contributed by atoms with Crippen molar-refractivity contribution in [2.75, 3.05) is 0 Å². The van der Waals surface area contributed by atoms with Gasteiger partial charge < -0.3 is 26.4 Å². The van der Waals surface area contributed by atoms with Crippen molar-refractivity contribution in [1.82, 2.24) is 5.32 Å². The second-order valence-electron chi connectivity index (χ2n) is 3.87. The number of rotatable bonds is 9. The van der Waals surface area contributed by atoms with Gasteiger partial charge in [-0.2, -0.15) is 0 Å². The van der Waals surface area contributed by atoms with Crippen LogP contribution in [0.5, 0.6) is 0 Å². The summed E-state index contributed by atoms with van der Waals surface area (Å²) in [5.41, 5.74) is 5.39. The van der Waals surface area contributed by atoms with Gasteiger partial charge in [-0.15, -0.1) is 0 Å². The summed E-state index contributed by atoms with van der Waals surface area (Å²) < 4.78 is 0. The monoisotopic (exact) mass is 276 g/mol. The lowest BCUT2D eigenvalue weighted by Crippen LogP contribution is -2.48. The molecule has 0 aromatic carbocycles. The summed E-state index contributed by atoms with van der Waals surface area (Å²) in [4.78, 5) is 42.9. The van der Waals surface area contributed by atoms with Gasteiger partial charge in [-0.3, -0.25) is 14.4 Å². The molecule has 19 heavy (non-hydrogen) atoms. The van der Waals surface area contributed by atoms with Crippen LogP contribution in [-0.2, 0) is 19.2 Å². The van der Waals surface area contributed by atoms with Gasteiger partial charge >= 0.3 is 17.9 Å². The quantitative estimate of drug-likeness (QED) is 0.343. The van der Waals surface area contributed by atoms with Crippen molar-refractivity contribution in [2.24, 2.45) is 5.73 Å². The smallest absolute Gasteiger partial charge is 0.326 e. The Hall–Kier alpha value is -2.16. The predicted octanol–water partition coefficient (Wildman–Crippen LogP) is -1.39. The van der Waals surface area contributed by atoms with Crippen LogP contribution in [0, 0.1) is 0 Å². The van der Waals surface area contributed by atoms with Crippen molar-refractivity contribution in [3.63, 3.8) is 0 Å². The van der Waals surface area contributed by atoms with Crippen LogP contribution < -0.4 is 11.1 Å². The molecule has 9 nitrogen and oxygen atoms in total. The van der Waals surface area contributed by atoms with Crippen LogP contribution in [0.4, 0.5) is 0 Å². The summed E-state index contributed by atoms with van der Waals surface area (Å²) in [6.07, 6.45) is -1.14. The van der Waals surface area contributed by atoms with Crippen LogP contribution in [0.1, 0.15) is 25.7 Å². The second-order valence-corrected chi connectivity index (χ2v) is 3.87. The summed E-state index contributed by atoms with van der Waals surface area (Å²) in [7, 11) is 0. The lowest BCUT2D eigenvalue weighted by atomic mass is 10.1. The molecule has 0 saturated carbocycles. The fraction of sp³-hybridized carbons (Fsp3) is 0.600. The van der Waals surface area contributed by atoms with E-state index in [1.54, 1.807) is 0 Å². The molecule has 1 amide bonds. The molecule has 0 rings (SSSR count). The minimum absolute atomic E-state index is 0.133. The number of carboxylic acids is 3. The Morgan fingerprint density at radius 3 is 1.84 bits per heavy atom. The molecule has 0 aliphatic heterocycles. The van der Waals surface area contributed by atoms with E-state index in [-0.39, 0.29) is 19.3 Å². The summed E-state index contributed by atoms with van der Waals surface area (Å²) in [6.45, 7) is 0. The summed E-state index contributed by atoms with van der Waals surface area (Å²) in [5, 5.41) is 27.7. The number of hydrogen-bond acceptors (Lipinski definition) is 5. The van der Waals surface area contributed by atoms with Crippen LogP contribution in [0.2, 0.25) is 0 Å². The average Bonchev–Trinajstić information content (AvgIpc) is 2.30. The van der Waals surface area contributed by atoms with Crippen LogP contribution >= 0.6 is 0 Å². The third-order valence-corrected chi connectivity index (χ3v) is 2.27. The van der Waals surface area contributed by atoms with Gasteiger partial charge in [0.15, 0.2) is 0 Å². The van der Waals surface area contributed by atoms with E-state index in [2.05, 4.69) is 5.32 Å². The molecular weight excluding hydrogens is 260 g/mol. The zero-order chi connectivity index (χ0) is 15.0. The van der Waals surface area contributed by atoms with Crippen LogP contribution in [0.15, 0.2) is 0 Å². The Morgan fingerprint density at radius 1 is 0.947 bits per heavy atom. The van der Waals surface area contributed by atoms with Gasteiger partial charge in [0.2, 0.25) is 5.91 Å². The van der Waals surface area contributed by atoms with E-state index in [1.807, 2.05) is 0 Å². The Bertz CT molecular complexity index is 369. The molecule has 1 unspecified atom stereocenters. The molecule has 0 fully saturated rings. The largest absolute Gasteiger partial charge is 0.481 e. The molecule has 0 aliphatic carbocycles. The van der Waals surface area contributed by atoms with Crippen molar-refractivity contribution < 1.29 is 34.5 Å². The molecule has 0 saturated heterocycles. The Balaban J connectivity index is 4.33. The molecule has 0 spiro atoms. The lowest BCUT2D eigenvalue weighted by Gasteiger charge is -2.16. The minimum atomic E-state index is -1.37. The van der Waals surface area contributed by atoms with E-state index in [0.717, 1.165) is 0 Å². The molecule has 6 N–H and O–H groups in total. The molecular formula is C10H16N2O7. The van der Waals surface area contributed by atoms with Crippen molar-refractivity contribution in [3.8, 4) is 0 Å². The van der Waals surface area contributed by atoms with Crippen molar-refractivity contribution in [2.45, 2.75) is 37.8 Å². The Labute approximate surface area is 108 Å². The number of nitrogens with one attached hydrogen (secondary N) is 1. The first-order valence-corrected chi connectivity index (χ1v) is 5.46. The molecule has 0 radical (unpaired) electrons. The van der Waals surface area contributed by atoms with Crippen LogP contribution in [0.3, 0.4) is 0 Å². The van der Waals surface area contributed by atoms with E-state index in [0.29, 0.717) is 0 Å². The number of carbonyl (C=O) groups is 4. The van der Waals surface area contributed by atoms with Crippen LogP contribution in [0.25, 0.3) is 0 Å². The zero-order valence-corrected chi connectivity index (χ0v) is 10.0. The van der Waals surface area contributed by atoms with Gasteiger partial charge in [-0.05, 0) is 12.8 Å². The molecule has 108 valence electrons. The standard InChI is InChI=1S/C10H16N2O7/c11-5(1-3-7(13)14)9(17)12-6(10(18)19)2-4-8(15)16/h5-6H,1-4,11H2,(H,12,17)(H,13,14)(H,15,16)(H,18,19)/t5-,6?/m0/s1. The van der Waals surface area contributed by atoms with Gasteiger partial charge in [-0.25, -0.2) is 4.79 Å². The van der Waals surface area contributed by atoms with Crippen molar-refractivity contribution in [3.05, 3.63) is 0 Å². The molecule has 0 heterocycles. The van der Waals surface area contributed by atoms with E-state index < -0.39 is 42.3 Å². The average molecular weight is 276 g/mol. The lowest BCUT2D eigenvalue weighted by molar-refractivity contribution is -0.143. The van der Waals surface area contributed by atoms with E-state index >= 15 is 0 Å². The summed E-state index contributed by atoms with van der Waals surface area (Å²) in [6, 6.07) is -2.51. The highest BCUT2D eigenvalue weighted by atomic mass is 16.4. The molecule has 0 aromatic heterocycles. The number of carbonyl (C=O) groups excluding carboxylic acids is 1. The fourth-order valence-electron chi connectivity index (χ4n) is 1.21. The van der Waals surface area contributed by atoms with Gasteiger partial charge in [0.05, 0.1) is 6.04 Å². The Morgan fingerprint density at radius 2 is 1.42 bits per heavy atom. The van der Waals surface area contributed by atoms with Crippen molar-refractivity contribution in [1.29, 1.82) is 0 Å². The maximum Gasteiger partial charge on any atom is 0.326 e. The normalized spacial score (nSPS) is 13.3. The van der Waals surface area contributed by atoms with E-state index in [9.17, 15) is 19.2 Å². The first-order chi connectivity index (χ1) is 8.73. The van der Waals surface area contributed by atoms with Gasteiger partial charge in [-0.1, -0.05) is 0 Å². The number of carboxylic acid groups (broad SMARTS) is 3. The first kappa shape index (κ1) is 16.8. The van der Waals surface area contributed by atoms with Crippen LogP contribution in [-0.4, -0.2) is 51.2 Å². The highest BCUT2D eigenvalue weighted by Crippen LogP contribution is 2.01. The number of hydrogen-bond donors (Lipinski definition) is 5. The minimum Gasteiger partial charge on any atom is -0.481 e. The molecule has 2 atom stereocenters. The maximum atomic E-state index is 11.5. The second kappa shape index (κ2) is 8.03. The SMILES string of the molecule is N[C@@H](CCC(=O)O)C(=O)NC(CCC(=O)O)C(=O)O. The van der Waals surface area contributed by atoms with E-state index in [1.165, 1.54) is 0 Å². The topological polar surface area (TPSA) is 167 Å². The predicted molar refractivity (Wildman–Crippen MR) is 61.3 cm³/mol. The van der Waals surface area contributed by atoms with E-state index in [4.69, 9.17) is 21.1 Å². The first-order valence-electron chi connectivity index (χ1n) is 5.46. The number of nitrogens with two attached hydrogens (primary N) is 1. The zero-order valence-electron chi connectivity index (χ0n) is 10.0. The molecule has 0 aromatic rings. The third-order valence-electron chi connectivity index (χ3n) is 2.27. The third kappa shape index (κ3) is 7.71. The maximum absolute atomic E-state index is 11.5. The highest BCUT2D eigenvalue weighted by Gasteiger charge is 2.24. The summed E-state index contributed by atoms with van der Waals surface area (Å²) >= 11 is 0. The van der Waals surface area contributed by atoms with Gasteiger partial charge in [0.1, 0.15) is 6.04 Å². The summed E-state index contributed by atoms with van der Waals surface area (Å²) in [5.74, 6) is -4.50. The highest BCUT2D eigenvalue weighted by molar-refractivity contribution is 5.87. The number of amides is 1. The molecule has 0 aliphatic rings. The van der Waals surface area contributed by atoms with Gasteiger partial charge in [0.25, 0.3) is 0 Å². The fourth-order valence-corrected chi connectivity index (χ4v) is 1.21. The van der Waals surface area contributed by atoms with Crippen molar-refractivity contribution >= 4 is 23.8 Å². The number of aliphatic carboxylic acids is 3. The molecule has 9 heteroatoms.